The predicted octanol–water partition coefficient (Wildman–Crippen LogP) is 1.31. The van der Waals surface area contributed by atoms with E-state index in [1.807, 2.05) is 0 Å². The van der Waals surface area contributed by atoms with Crippen LogP contribution in [-0.4, -0.2) is 48.9 Å². The van der Waals surface area contributed by atoms with Crippen LogP contribution in [0.1, 0.15) is 0 Å². The molecule has 0 unspecified atom stereocenters. The molecule has 0 aliphatic carbocycles. The summed E-state index contributed by atoms with van der Waals surface area (Å²) >= 11 is 0. The van der Waals surface area contributed by atoms with Crippen LogP contribution in [0.15, 0.2) is 0 Å². The van der Waals surface area contributed by atoms with E-state index < -0.39 is 0 Å². The molecule has 0 aromatic carbocycles. The summed E-state index contributed by atoms with van der Waals surface area (Å²) in [4.78, 5) is 0. The van der Waals surface area contributed by atoms with Crippen molar-refractivity contribution in [3.8, 4) is 0 Å². The first-order valence-corrected chi connectivity index (χ1v) is 0. The Labute approximate surface area is 96.6 Å². The fraction of sp³-hybridized carbons (Fsp3) is 0. The van der Waals surface area contributed by atoms with Crippen LogP contribution in [0.25, 0.3) is 0 Å². The van der Waals surface area contributed by atoms with Gasteiger partial charge in [-0.15, -0.1) is 49.6 Å². The fourth-order valence-electron chi connectivity index (χ4n) is 0. The Bertz CT molecular complexity index is 3.61. The average Bonchev–Trinajstić information content (AvgIpc) is 0. The molecular weight excluding hydrogens is 279 g/mol. The summed E-state index contributed by atoms with van der Waals surface area (Å²) in [6.07, 6.45) is 0. The third-order valence-electron chi connectivity index (χ3n) is 0. The average molecular weight is 283 g/mol. The van der Waals surface area contributed by atoms with Gasteiger partial charge in [0.1, 0.15) is 0 Å². The maximum absolute atomic E-state index is 0. The molecule has 2 radical (unpaired) electrons. The zero-order valence-corrected chi connectivity index (χ0v) is 10.0. The quantitative estimate of drug-likeness (QED) is 0.588. The first kappa shape index (κ1) is 47.0. The van der Waals surface area contributed by atoms with Crippen LogP contribution < -0.4 is 0 Å². The van der Waals surface area contributed by atoms with Crippen LogP contribution in [0.2, 0.25) is 0 Å². The van der Waals surface area contributed by atoms with Crippen LogP contribution in [0, 0.1) is 0 Å². The summed E-state index contributed by atoms with van der Waals surface area (Å²) in [6, 6.07) is 0. The first-order valence-electron chi connectivity index (χ1n) is 0. The summed E-state index contributed by atoms with van der Waals surface area (Å²) < 4.78 is 0. The van der Waals surface area contributed by atoms with Gasteiger partial charge >= 0.3 is 0 Å². The van der Waals surface area contributed by atoms with E-state index in [1.165, 1.54) is 0 Å². The second-order valence-electron chi connectivity index (χ2n) is 0. The van der Waals surface area contributed by atoms with Gasteiger partial charge in [0.15, 0.2) is 0 Å². The molecule has 0 amide bonds. The minimum atomic E-state index is 0. The largest absolute Gasteiger partial charge is 0.147 e. The smallest absolute Gasteiger partial charge is 0 e. The fourth-order valence-corrected chi connectivity index (χ4v) is 0. The van der Waals surface area contributed by atoms with Crippen molar-refractivity contribution in [3.63, 3.8) is 0 Å². The first-order chi connectivity index (χ1) is 0. The Hall–Kier alpha value is 2.73. The number of rotatable bonds is 0. The molecule has 34 valence electrons. The molecule has 0 heterocycles. The zero-order valence-electron chi connectivity index (χ0n) is 2.34. The second kappa shape index (κ2) is 29.6. The van der Waals surface area contributed by atoms with Crippen molar-refractivity contribution >= 4 is 98.5 Å². The van der Waals surface area contributed by atoms with Crippen molar-refractivity contribution in [1.82, 2.24) is 0 Å². The van der Waals surface area contributed by atoms with E-state index in [0.717, 1.165) is 0 Å². The minimum absolute atomic E-state index is 0. The van der Waals surface area contributed by atoms with Crippen molar-refractivity contribution in [1.29, 1.82) is 0 Å². The summed E-state index contributed by atoms with van der Waals surface area (Å²) in [5.74, 6) is 0. The predicted molar refractivity (Wildman–Crippen MR) is 34.7 cm³/mol. The van der Waals surface area contributed by atoms with E-state index in [1.54, 1.807) is 0 Å². The van der Waals surface area contributed by atoms with Gasteiger partial charge in [0.2, 0.25) is 0 Å². The van der Waals surface area contributed by atoms with Crippen LogP contribution in [0.4, 0.5) is 0 Å². The van der Waals surface area contributed by atoms with E-state index >= 15 is 0 Å². The Morgan fingerprint density at radius 1 is 0.400 bits per heavy atom. The molecule has 0 aromatic rings. The van der Waals surface area contributed by atoms with Crippen LogP contribution in [-0.2, 0) is 0 Å². The molecular formula is H4BaCl4. The number of hydrogen-bond donors (Lipinski definition) is 0. The van der Waals surface area contributed by atoms with Crippen molar-refractivity contribution in [3.05, 3.63) is 0 Å². The maximum Gasteiger partial charge on any atom is 0 e. The molecule has 5 heteroatoms. The molecule has 0 rings (SSSR count). The molecule has 0 atom stereocenters. The van der Waals surface area contributed by atoms with Gasteiger partial charge in [0.05, 0.1) is 0 Å². The summed E-state index contributed by atoms with van der Waals surface area (Å²) in [7, 11) is 0. The van der Waals surface area contributed by atoms with Crippen molar-refractivity contribution < 1.29 is 0 Å². The summed E-state index contributed by atoms with van der Waals surface area (Å²) in [5.41, 5.74) is 0. The molecule has 5 heavy (non-hydrogen) atoms. The zero-order chi connectivity index (χ0) is 0. The van der Waals surface area contributed by atoms with Gasteiger partial charge in [-0.3, -0.25) is 0 Å². The third-order valence-corrected chi connectivity index (χ3v) is 0. The Kier molecular flexibility index (Phi) is 278. The minimum Gasteiger partial charge on any atom is -0.147 e. The molecule has 0 aromatic heterocycles. The SMILES string of the molecule is Cl.Cl.Cl.Cl.[Ba]. The standard InChI is InChI=1S/Ba.4ClH/h;4*1H. The summed E-state index contributed by atoms with van der Waals surface area (Å²) in [5, 5.41) is 0. The van der Waals surface area contributed by atoms with Gasteiger partial charge in [-0.1, -0.05) is 0 Å². The molecule has 0 saturated heterocycles. The van der Waals surface area contributed by atoms with Crippen LogP contribution in [0.3, 0.4) is 0 Å². The molecule has 0 nitrogen and oxygen atoms in total. The Morgan fingerprint density at radius 3 is 0.400 bits per heavy atom. The number of halogens is 4. The molecule has 0 saturated carbocycles. The normalized spacial score (nSPS) is 0. The molecule has 0 aliphatic rings. The van der Waals surface area contributed by atoms with Crippen molar-refractivity contribution in [2.75, 3.05) is 0 Å². The van der Waals surface area contributed by atoms with E-state index in [9.17, 15) is 0 Å². The summed E-state index contributed by atoms with van der Waals surface area (Å²) in [6.45, 7) is 0. The van der Waals surface area contributed by atoms with Crippen LogP contribution >= 0.6 is 49.6 Å². The van der Waals surface area contributed by atoms with Gasteiger partial charge in [0.25, 0.3) is 0 Å². The molecule has 0 N–H and O–H groups in total. The van der Waals surface area contributed by atoms with Crippen molar-refractivity contribution in [2.45, 2.75) is 0 Å². The molecule has 0 fully saturated rings. The van der Waals surface area contributed by atoms with Gasteiger partial charge in [0, 0.05) is 48.9 Å². The van der Waals surface area contributed by atoms with Gasteiger partial charge in [-0.2, -0.15) is 0 Å². The van der Waals surface area contributed by atoms with Crippen molar-refractivity contribution in [2.24, 2.45) is 0 Å². The topological polar surface area (TPSA) is 0 Å². The van der Waals surface area contributed by atoms with Gasteiger partial charge < -0.3 is 0 Å². The van der Waals surface area contributed by atoms with Gasteiger partial charge in [-0.05, 0) is 0 Å². The Balaban J connectivity index is 0. The third kappa shape index (κ3) is 20.2. The van der Waals surface area contributed by atoms with E-state index in [-0.39, 0.29) is 98.5 Å². The molecule has 0 bridgehead atoms. The van der Waals surface area contributed by atoms with E-state index in [2.05, 4.69) is 0 Å². The second-order valence-corrected chi connectivity index (χ2v) is 0. The maximum atomic E-state index is 0. The van der Waals surface area contributed by atoms with E-state index in [0.29, 0.717) is 0 Å². The van der Waals surface area contributed by atoms with E-state index in [4.69, 9.17) is 0 Å². The van der Waals surface area contributed by atoms with Crippen LogP contribution in [0.5, 0.6) is 0 Å². The van der Waals surface area contributed by atoms with Gasteiger partial charge in [-0.25, -0.2) is 0 Å². The molecule has 0 aliphatic heterocycles. The monoisotopic (exact) mass is 282 g/mol. The Morgan fingerprint density at radius 2 is 0.400 bits per heavy atom. The number of hydrogen-bond acceptors (Lipinski definition) is 0. The molecule has 0 spiro atoms.